The summed E-state index contributed by atoms with van der Waals surface area (Å²) >= 11 is 2.16. The molecule has 0 unspecified atom stereocenters. The molecule has 0 radical (unpaired) electrons. The number of benzene rings is 2. The number of anilines is 1. The molecule has 0 spiro atoms. The SMILES string of the molecule is NNc1c(COc2ccccc2I)cccc1[N+](=O)[O-]. The molecule has 0 amide bonds. The van der Waals surface area contributed by atoms with E-state index < -0.39 is 4.92 Å². The Morgan fingerprint density at radius 1 is 1.25 bits per heavy atom. The first-order chi connectivity index (χ1) is 9.63. The zero-order valence-electron chi connectivity index (χ0n) is 10.4. The van der Waals surface area contributed by atoms with Crippen molar-refractivity contribution in [3.63, 3.8) is 0 Å². The van der Waals surface area contributed by atoms with Crippen molar-refractivity contribution in [1.29, 1.82) is 0 Å². The molecular formula is C13H12IN3O3. The maximum atomic E-state index is 10.9. The molecule has 20 heavy (non-hydrogen) atoms. The minimum atomic E-state index is -0.481. The smallest absolute Gasteiger partial charge is 0.294 e. The highest BCUT2D eigenvalue weighted by molar-refractivity contribution is 14.1. The fraction of sp³-hybridized carbons (Fsp3) is 0.0769. The molecule has 0 aliphatic heterocycles. The predicted octanol–water partition coefficient (Wildman–Crippen LogP) is 3.06. The molecule has 0 bridgehead atoms. The van der Waals surface area contributed by atoms with Crippen molar-refractivity contribution in [2.75, 3.05) is 5.43 Å². The van der Waals surface area contributed by atoms with E-state index in [0.717, 1.165) is 9.32 Å². The summed E-state index contributed by atoms with van der Waals surface area (Å²) in [6.45, 7) is 0.196. The molecule has 3 N–H and O–H groups in total. The highest BCUT2D eigenvalue weighted by Crippen LogP contribution is 2.29. The molecule has 0 aliphatic carbocycles. The average Bonchev–Trinajstić information content (AvgIpc) is 2.45. The third-order valence-corrected chi connectivity index (χ3v) is 3.58. The van der Waals surface area contributed by atoms with E-state index in [-0.39, 0.29) is 18.0 Å². The van der Waals surface area contributed by atoms with Crippen LogP contribution in [0.15, 0.2) is 42.5 Å². The topological polar surface area (TPSA) is 90.4 Å². The Morgan fingerprint density at radius 3 is 2.65 bits per heavy atom. The van der Waals surface area contributed by atoms with Gasteiger partial charge in [0.15, 0.2) is 0 Å². The summed E-state index contributed by atoms with van der Waals surface area (Å²) in [6, 6.07) is 12.3. The first kappa shape index (κ1) is 14.5. The van der Waals surface area contributed by atoms with Gasteiger partial charge in [-0.15, -0.1) is 0 Å². The summed E-state index contributed by atoms with van der Waals surface area (Å²) < 4.78 is 6.64. The number of para-hydroxylation sites is 2. The number of ether oxygens (including phenoxy) is 1. The number of nitrogen functional groups attached to an aromatic ring is 1. The number of halogens is 1. The summed E-state index contributed by atoms with van der Waals surface area (Å²) in [6.07, 6.45) is 0. The van der Waals surface area contributed by atoms with Gasteiger partial charge in [0.2, 0.25) is 0 Å². The monoisotopic (exact) mass is 385 g/mol. The van der Waals surface area contributed by atoms with Gasteiger partial charge in [0.1, 0.15) is 18.0 Å². The fourth-order valence-corrected chi connectivity index (χ4v) is 2.29. The summed E-state index contributed by atoms with van der Waals surface area (Å²) in [5, 5.41) is 10.9. The van der Waals surface area contributed by atoms with Gasteiger partial charge >= 0.3 is 0 Å². The normalized spacial score (nSPS) is 10.1. The van der Waals surface area contributed by atoms with E-state index in [1.54, 1.807) is 12.1 Å². The first-order valence-electron chi connectivity index (χ1n) is 5.73. The zero-order chi connectivity index (χ0) is 14.5. The van der Waals surface area contributed by atoms with Gasteiger partial charge in [0.25, 0.3) is 5.69 Å². The minimum absolute atomic E-state index is 0.0728. The zero-order valence-corrected chi connectivity index (χ0v) is 12.5. The Bertz CT molecular complexity index is 634. The number of nitrogens with zero attached hydrogens (tertiary/aromatic N) is 1. The second-order valence-corrected chi connectivity index (χ2v) is 5.09. The van der Waals surface area contributed by atoms with Gasteiger partial charge in [-0.05, 0) is 34.7 Å². The largest absolute Gasteiger partial charge is 0.488 e. The molecule has 104 valence electrons. The third-order valence-electron chi connectivity index (χ3n) is 2.69. The Balaban J connectivity index is 2.24. The predicted molar refractivity (Wildman–Crippen MR) is 84.4 cm³/mol. The quantitative estimate of drug-likeness (QED) is 0.357. The van der Waals surface area contributed by atoms with Crippen molar-refractivity contribution in [2.24, 2.45) is 5.84 Å². The molecule has 0 aromatic heterocycles. The Hall–Kier alpha value is -1.87. The number of nitro benzene ring substituents is 1. The van der Waals surface area contributed by atoms with Crippen molar-refractivity contribution in [1.82, 2.24) is 0 Å². The summed E-state index contributed by atoms with van der Waals surface area (Å²) in [5.74, 6) is 6.10. The highest BCUT2D eigenvalue weighted by atomic mass is 127. The van der Waals surface area contributed by atoms with E-state index in [9.17, 15) is 10.1 Å². The van der Waals surface area contributed by atoms with Gasteiger partial charge < -0.3 is 10.2 Å². The van der Waals surface area contributed by atoms with Gasteiger partial charge in [0, 0.05) is 11.6 Å². The van der Waals surface area contributed by atoms with E-state index in [1.165, 1.54) is 6.07 Å². The third kappa shape index (κ3) is 3.17. The van der Waals surface area contributed by atoms with Crippen molar-refractivity contribution in [3.05, 3.63) is 61.7 Å². The van der Waals surface area contributed by atoms with Gasteiger partial charge in [0.05, 0.1) is 8.49 Å². The van der Waals surface area contributed by atoms with E-state index >= 15 is 0 Å². The van der Waals surface area contributed by atoms with E-state index in [0.29, 0.717) is 5.56 Å². The average molecular weight is 385 g/mol. The number of hydrogen-bond donors (Lipinski definition) is 2. The molecule has 0 heterocycles. The Labute approximate surface area is 129 Å². The number of nitro groups is 1. The number of nitrogens with two attached hydrogens (primary N) is 1. The molecule has 6 nitrogen and oxygen atoms in total. The van der Waals surface area contributed by atoms with Crippen LogP contribution >= 0.6 is 22.6 Å². The molecule has 0 saturated heterocycles. The van der Waals surface area contributed by atoms with Crippen LogP contribution in [-0.2, 0) is 6.61 Å². The first-order valence-corrected chi connectivity index (χ1v) is 6.81. The molecule has 0 atom stereocenters. The van der Waals surface area contributed by atoms with Crippen molar-refractivity contribution in [3.8, 4) is 5.75 Å². The minimum Gasteiger partial charge on any atom is -0.488 e. The van der Waals surface area contributed by atoms with E-state index in [1.807, 2.05) is 24.3 Å². The van der Waals surface area contributed by atoms with Crippen molar-refractivity contribution in [2.45, 2.75) is 6.61 Å². The van der Waals surface area contributed by atoms with Crippen LogP contribution in [0.3, 0.4) is 0 Å². The lowest BCUT2D eigenvalue weighted by molar-refractivity contribution is -0.384. The second-order valence-electron chi connectivity index (χ2n) is 3.93. The lowest BCUT2D eigenvalue weighted by atomic mass is 10.1. The Kier molecular flexibility index (Phi) is 4.74. The van der Waals surface area contributed by atoms with Crippen LogP contribution in [0.1, 0.15) is 5.56 Å². The van der Waals surface area contributed by atoms with E-state index in [4.69, 9.17) is 10.6 Å². The molecule has 2 aromatic rings. The fourth-order valence-electron chi connectivity index (χ4n) is 1.74. The molecule has 0 aliphatic rings. The van der Waals surface area contributed by atoms with Crippen LogP contribution in [0.4, 0.5) is 11.4 Å². The molecular weight excluding hydrogens is 373 g/mol. The van der Waals surface area contributed by atoms with Gasteiger partial charge in [-0.3, -0.25) is 16.0 Å². The Morgan fingerprint density at radius 2 is 2.00 bits per heavy atom. The number of nitrogens with one attached hydrogen (secondary N) is 1. The molecule has 0 fully saturated rings. The highest BCUT2D eigenvalue weighted by Gasteiger charge is 2.16. The second kappa shape index (κ2) is 6.53. The lowest BCUT2D eigenvalue weighted by Gasteiger charge is -2.11. The molecule has 2 rings (SSSR count). The maximum absolute atomic E-state index is 10.9. The summed E-state index contributed by atoms with van der Waals surface area (Å²) in [4.78, 5) is 10.4. The standard InChI is InChI=1S/C13H12IN3O3/c14-10-5-1-2-7-12(10)20-8-9-4-3-6-11(17(18)19)13(9)16-15/h1-7,16H,8,15H2. The van der Waals surface area contributed by atoms with Crippen LogP contribution in [-0.4, -0.2) is 4.92 Å². The maximum Gasteiger partial charge on any atom is 0.294 e. The van der Waals surface area contributed by atoms with E-state index in [2.05, 4.69) is 28.0 Å². The lowest BCUT2D eigenvalue weighted by Crippen LogP contribution is -2.12. The number of hydrogen-bond acceptors (Lipinski definition) is 5. The van der Waals surface area contributed by atoms with Gasteiger partial charge in [-0.1, -0.05) is 24.3 Å². The number of rotatable bonds is 5. The van der Waals surface area contributed by atoms with Crippen LogP contribution in [0.25, 0.3) is 0 Å². The summed E-state index contributed by atoms with van der Waals surface area (Å²) in [5.41, 5.74) is 3.19. The van der Waals surface area contributed by atoms with Crippen LogP contribution in [0.2, 0.25) is 0 Å². The molecule has 0 saturated carbocycles. The van der Waals surface area contributed by atoms with Crippen LogP contribution < -0.4 is 16.0 Å². The van der Waals surface area contributed by atoms with Gasteiger partial charge in [-0.2, -0.15) is 0 Å². The van der Waals surface area contributed by atoms with Crippen molar-refractivity contribution >= 4 is 34.0 Å². The van der Waals surface area contributed by atoms with Gasteiger partial charge in [-0.25, -0.2) is 0 Å². The van der Waals surface area contributed by atoms with Crippen LogP contribution in [0.5, 0.6) is 5.75 Å². The molecule has 2 aromatic carbocycles. The molecule has 7 heteroatoms. The number of hydrazine groups is 1. The van der Waals surface area contributed by atoms with Crippen LogP contribution in [0, 0.1) is 13.7 Å². The van der Waals surface area contributed by atoms with Crippen molar-refractivity contribution < 1.29 is 9.66 Å². The summed E-state index contributed by atoms with van der Waals surface area (Å²) in [7, 11) is 0.